The largest absolute Gasteiger partial charge is 0.245 e. The highest BCUT2D eigenvalue weighted by Gasteiger charge is 2.28. The molecular weight excluding hydrogens is 324 g/mol. The van der Waals surface area contributed by atoms with Crippen LogP contribution in [0.2, 0.25) is 0 Å². The highest BCUT2D eigenvalue weighted by Crippen LogP contribution is 2.34. The first-order valence-corrected chi connectivity index (χ1v) is 8.91. The Bertz CT molecular complexity index is 493. The molecule has 0 spiro atoms. The fraction of sp³-hybridized carbons (Fsp3) is 0.700. The molecule has 1 aliphatic rings. The van der Waals surface area contributed by atoms with Crippen molar-refractivity contribution >= 4 is 37.3 Å². The van der Waals surface area contributed by atoms with E-state index in [2.05, 4.69) is 20.9 Å². The van der Waals surface area contributed by atoms with Crippen molar-refractivity contribution in [1.82, 2.24) is 9.29 Å². The molecule has 1 aromatic heterocycles. The lowest BCUT2D eigenvalue weighted by molar-refractivity contribution is 0.317. The number of sulfonamides is 1. The number of piperidine rings is 1. The fourth-order valence-corrected chi connectivity index (χ4v) is 4.43. The lowest BCUT2D eigenvalue weighted by Crippen LogP contribution is -2.38. The highest BCUT2D eigenvalue weighted by atomic mass is 79.9. The van der Waals surface area contributed by atoms with Crippen LogP contribution in [0.15, 0.2) is 3.79 Å². The second-order valence-electron chi connectivity index (χ2n) is 4.37. The second kappa shape index (κ2) is 4.95. The van der Waals surface area contributed by atoms with Gasteiger partial charge in [-0.3, -0.25) is 0 Å². The molecule has 4 nitrogen and oxygen atoms in total. The smallest absolute Gasteiger partial charge is 0.211 e. The summed E-state index contributed by atoms with van der Waals surface area (Å²) in [6.07, 6.45) is 3.21. The van der Waals surface area contributed by atoms with Crippen LogP contribution in [0, 0.1) is 6.92 Å². The summed E-state index contributed by atoms with van der Waals surface area (Å²) in [4.78, 5) is 4.50. The minimum absolute atomic E-state index is 0.244. The Morgan fingerprint density at radius 3 is 2.76 bits per heavy atom. The molecule has 0 aromatic carbocycles. The minimum atomic E-state index is -3.07. The van der Waals surface area contributed by atoms with E-state index in [1.54, 1.807) is 15.6 Å². The molecule has 0 radical (unpaired) electrons. The van der Waals surface area contributed by atoms with Crippen LogP contribution in [0.1, 0.15) is 29.5 Å². The van der Waals surface area contributed by atoms with Crippen molar-refractivity contribution in [3.05, 3.63) is 14.5 Å². The van der Waals surface area contributed by atoms with Crippen molar-refractivity contribution in [3.8, 4) is 0 Å². The third-order valence-corrected chi connectivity index (χ3v) is 6.40. The van der Waals surface area contributed by atoms with Crippen molar-refractivity contribution in [1.29, 1.82) is 0 Å². The van der Waals surface area contributed by atoms with Gasteiger partial charge < -0.3 is 0 Å². The summed E-state index contributed by atoms with van der Waals surface area (Å²) in [5, 5.41) is 1.04. The summed E-state index contributed by atoms with van der Waals surface area (Å²) in [5.41, 5.74) is 0.987. The molecule has 0 bridgehead atoms. The van der Waals surface area contributed by atoms with Crippen LogP contribution in [-0.4, -0.2) is 37.1 Å². The summed E-state index contributed by atoms with van der Waals surface area (Å²) >= 11 is 5.08. The van der Waals surface area contributed by atoms with E-state index in [-0.39, 0.29) is 5.92 Å². The van der Waals surface area contributed by atoms with Gasteiger partial charge in [-0.1, -0.05) is 0 Å². The highest BCUT2D eigenvalue weighted by molar-refractivity contribution is 9.11. The molecule has 0 saturated carbocycles. The van der Waals surface area contributed by atoms with E-state index in [9.17, 15) is 8.42 Å². The molecule has 1 saturated heterocycles. The first-order chi connectivity index (χ1) is 7.88. The van der Waals surface area contributed by atoms with Gasteiger partial charge in [-0.2, -0.15) is 0 Å². The average molecular weight is 339 g/mol. The predicted octanol–water partition coefficient (Wildman–Crippen LogP) is 2.35. The molecule has 7 heteroatoms. The number of thiazole rings is 1. The first kappa shape index (κ1) is 13.5. The molecule has 17 heavy (non-hydrogen) atoms. The second-order valence-corrected chi connectivity index (χ2v) is 8.70. The van der Waals surface area contributed by atoms with Gasteiger partial charge >= 0.3 is 0 Å². The zero-order chi connectivity index (χ0) is 12.6. The normalized spacial score (nSPS) is 22.9. The van der Waals surface area contributed by atoms with Crippen LogP contribution in [0.3, 0.4) is 0 Å². The van der Waals surface area contributed by atoms with Gasteiger partial charge in [-0.15, -0.1) is 11.3 Å². The first-order valence-electron chi connectivity index (χ1n) is 5.46. The third kappa shape index (κ3) is 3.07. The summed E-state index contributed by atoms with van der Waals surface area (Å²) in [6, 6.07) is 0. The van der Waals surface area contributed by atoms with Gasteiger partial charge in [0, 0.05) is 19.0 Å². The Balaban J connectivity index is 2.18. The van der Waals surface area contributed by atoms with Crippen molar-refractivity contribution < 1.29 is 8.42 Å². The SMILES string of the molecule is Cc1nc([C@H]2CCCN(S(C)(=O)=O)C2)sc1Br. The molecule has 1 atom stereocenters. The number of nitrogens with zero attached hydrogens (tertiary/aromatic N) is 2. The predicted molar refractivity (Wildman–Crippen MR) is 72.9 cm³/mol. The van der Waals surface area contributed by atoms with E-state index in [4.69, 9.17) is 0 Å². The van der Waals surface area contributed by atoms with E-state index in [0.717, 1.165) is 27.3 Å². The molecule has 1 aliphatic heterocycles. The van der Waals surface area contributed by atoms with Crippen LogP contribution in [0.25, 0.3) is 0 Å². The average Bonchev–Trinajstić information content (AvgIpc) is 2.58. The monoisotopic (exact) mass is 338 g/mol. The zero-order valence-electron chi connectivity index (χ0n) is 9.81. The van der Waals surface area contributed by atoms with Gasteiger partial charge in [-0.25, -0.2) is 17.7 Å². The lowest BCUT2D eigenvalue weighted by Gasteiger charge is -2.29. The Morgan fingerprint density at radius 1 is 1.53 bits per heavy atom. The molecule has 0 N–H and O–H groups in total. The van der Waals surface area contributed by atoms with E-state index in [1.165, 1.54) is 6.26 Å². The van der Waals surface area contributed by atoms with Crippen LogP contribution in [0.5, 0.6) is 0 Å². The number of hydrogen-bond acceptors (Lipinski definition) is 4. The van der Waals surface area contributed by atoms with Crippen LogP contribution >= 0.6 is 27.3 Å². The topological polar surface area (TPSA) is 50.3 Å². The van der Waals surface area contributed by atoms with E-state index in [0.29, 0.717) is 13.1 Å². The molecule has 0 aliphatic carbocycles. The summed E-state index contributed by atoms with van der Waals surface area (Å²) < 4.78 is 25.7. The van der Waals surface area contributed by atoms with Crippen LogP contribution in [0.4, 0.5) is 0 Å². The molecule has 96 valence electrons. The number of halogens is 1. The molecule has 0 amide bonds. The van der Waals surface area contributed by atoms with Crippen LogP contribution < -0.4 is 0 Å². The molecule has 2 rings (SSSR count). The lowest BCUT2D eigenvalue weighted by atomic mass is 10.0. The number of rotatable bonds is 2. The minimum Gasteiger partial charge on any atom is -0.245 e. The Kier molecular flexibility index (Phi) is 3.92. The van der Waals surface area contributed by atoms with Gasteiger partial charge in [-0.05, 0) is 35.7 Å². The number of hydrogen-bond donors (Lipinski definition) is 0. The van der Waals surface area contributed by atoms with E-state index in [1.807, 2.05) is 6.92 Å². The van der Waals surface area contributed by atoms with Gasteiger partial charge in [0.05, 0.1) is 20.7 Å². The fourth-order valence-electron chi connectivity index (χ4n) is 2.02. The third-order valence-electron chi connectivity index (χ3n) is 2.96. The summed E-state index contributed by atoms with van der Waals surface area (Å²) in [7, 11) is -3.07. The van der Waals surface area contributed by atoms with Gasteiger partial charge in [0.15, 0.2) is 0 Å². The molecule has 2 heterocycles. The Morgan fingerprint density at radius 2 is 2.24 bits per heavy atom. The maximum atomic E-state index is 11.5. The zero-order valence-corrected chi connectivity index (χ0v) is 13.0. The van der Waals surface area contributed by atoms with Gasteiger partial charge in [0.25, 0.3) is 0 Å². The van der Waals surface area contributed by atoms with Crippen molar-refractivity contribution in [3.63, 3.8) is 0 Å². The van der Waals surface area contributed by atoms with Crippen LogP contribution in [-0.2, 0) is 10.0 Å². The van der Waals surface area contributed by atoms with Crippen molar-refractivity contribution in [2.45, 2.75) is 25.7 Å². The molecule has 1 fully saturated rings. The number of aromatic nitrogens is 1. The van der Waals surface area contributed by atoms with E-state index >= 15 is 0 Å². The standard InChI is InChI=1S/C10H15BrN2O2S2/c1-7-9(11)16-10(12-7)8-4-3-5-13(6-8)17(2,14)15/h8H,3-6H2,1-2H3/t8-/m0/s1. The summed E-state index contributed by atoms with van der Waals surface area (Å²) in [6.45, 7) is 3.17. The molecule has 0 unspecified atom stereocenters. The maximum Gasteiger partial charge on any atom is 0.211 e. The van der Waals surface area contributed by atoms with Gasteiger partial charge in [0.2, 0.25) is 10.0 Å². The molecule has 1 aromatic rings. The number of aryl methyl sites for hydroxylation is 1. The van der Waals surface area contributed by atoms with Crippen molar-refractivity contribution in [2.75, 3.05) is 19.3 Å². The van der Waals surface area contributed by atoms with E-state index < -0.39 is 10.0 Å². The summed E-state index contributed by atoms with van der Waals surface area (Å²) in [5.74, 6) is 0.244. The Hall–Kier alpha value is 0.0200. The van der Waals surface area contributed by atoms with Gasteiger partial charge in [0.1, 0.15) is 0 Å². The quantitative estimate of drug-likeness (QED) is 0.831. The maximum absolute atomic E-state index is 11.5. The molecular formula is C10H15BrN2O2S2. The Labute approximate surface area is 114 Å². The van der Waals surface area contributed by atoms with Crippen molar-refractivity contribution in [2.24, 2.45) is 0 Å².